The Bertz CT molecular complexity index is 1090. The summed E-state index contributed by atoms with van der Waals surface area (Å²) in [5.74, 6) is -1.91. The summed E-state index contributed by atoms with van der Waals surface area (Å²) in [4.78, 5) is 25.5. The summed E-state index contributed by atoms with van der Waals surface area (Å²) in [6.45, 7) is 3.71. The first-order valence-corrected chi connectivity index (χ1v) is 10.1. The number of hydrogen-bond acceptors (Lipinski definition) is 3. The summed E-state index contributed by atoms with van der Waals surface area (Å²) in [5, 5.41) is 0.587. The molecule has 0 aliphatic rings. The van der Waals surface area contributed by atoms with E-state index in [2.05, 4.69) is 15.9 Å². The first-order chi connectivity index (χ1) is 13.8. The van der Waals surface area contributed by atoms with Gasteiger partial charge in [0.1, 0.15) is 0 Å². The largest absolute Gasteiger partial charge is 0.494 e. The Morgan fingerprint density at radius 2 is 1.90 bits per heavy atom. The van der Waals surface area contributed by atoms with Gasteiger partial charge in [0.2, 0.25) is 5.91 Å². The zero-order valence-corrected chi connectivity index (χ0v) is 18.0. The van der Waals surface area contributed by atoms with E-state index in [0.29, 0.717) is 34.1 Å². The Labute approximate surface area is 176 Å². The van der Waals surface area contributed by atoms with Crippen LogP contribution in [-0.2, 0) is 4.79 Å². The van der Waals surface area contributed by atoms with E-state index >= 15 is 0 Å². The molecule has 0 aliphatic heterocycles. The van der Waals surface area contributed by atoms with Gasteiger partial charge >= 0.3 is 0 Å². The molecule has 0 bridgehead atoms. The van der Waals surface area contributed by atoms with E-state index in [-0.39, 0.29) is 11.7 Å². The minimum atomic E-state index is -0.586. The number of halogens is 2. The zero-order chi connectivity index (χ0) is 21.3. The van der Waals surface area contributed by atoms with Gasteiger partial charge in [-0.2, -0.15) is 0 Å². The third-order valence-electron chi connectivity index (χ3n) is 5.09. The highest BCUT2D eigenvalue weighted by molar-refractivity contribution is 9.10. The van der Waals surface area contributed by atoms with Crippen LogP contribution in [0.3, 0.4) is 0 Å². The molecule has 1 heterocycles. The van der Waals surface area contributed by atoms with Crippen LogP contribution < -0.4 is 10.5 Å². The van der Waals surface area contributed by atoms with Gasteiger partial charge in [-0.25, -0.2) is 4.39 Å². The zero-order valence-electron chi connectivity index (χ0n) is 16.5. The monoisotopic (exact) mass is 460 g/mol. The van der Waals surface area contributed by atoms with E-state index in [4.69, 9.17) is 10.5 Å². The fourth-order valence-electron chi connectivity index (χ4n) is 3.74. The summed E-state index contributed by atoms with van der Waals surface area (Å²) < 4.78 is 21.9. The van der Waals surface area contributed by atoms with Crippen molar-refractivity contribution in [1.82, 2.24) is 4.57 Å². The maximum Gasteiger partial charge on any atom is 0.262 e. The molecule has 0 radical (unpaired) electrons. The van der Waals surface area contributed by atoms with Crippen molar-refractivity contribution in [2.75, 3.05) is 7.11 Å². The number of carbonyl (C=O) groups is 2. The highest BCUT2D eigenvalue weighted by Crippen LogP contribution is 2.37. The van der Waals surface area contributed by atoms with Crippen LogP contribution in [0.1, 0.15) is 47.3 Å². The smallest absolute Gasteiger partial charge is 0.262 e. The molecule has 1 unspecified atom stereocenters. The van der Waals surface area contributed by atoms with Crippen molar-refractivity contribution in [3.63, 3.8) is 0 Å². The Balaban J connectivity index is 2.33. The highest BCUT2D eigenvalue weighted by Gasteiger charge is 2.28. The van der Waals surface area contributed by atoms with Gasteiger partial charge < -0.3 is 10.5 Å². The van der Waals surface area contributed by atoms with Crippen molar-refractivity contribution in [2.45, 2.75) is 32.6 Å². The van der Waals surface area contributed by atoms with Crippen LogP contribution in [-0.4, -0.2) is 23.5 Å². The third-order valence-corrected chi connectivity index (χ3v) is 5.62. The maximum atomic E-state index is 14.5. The standard InChI is InChI=1S/C22H22BrFN2O3/c1-4-5-15(21(25)27)20-12(2)26(22(28)13-6-8-14(23)9-7-13)18-11-17(24)19(29-3)10-16(18)20/h6-11,15H,4-5H2,1-3H3,(H2,25,27). The lowest BCUT2D eigenvalue weighted by Crippen LogP contribution is -2.22. The summed E-state index contributed by atoms with van der Waals surface area (Å²) >= 11 is 3.35. The molecule has 0 spiro atoms. The number of nitrogens with two attached hydrogens (primary N) is 1. The molecule has 1 aromatic heterocycles. The van der Waals surface area contributed by atoms with Crippen molar-refractivity contribution < 1.29 is 18.7 Å². The van der Waals surface area contributed by atoms with E-state index in [1.807, 2.05) is 6.92 Å². The van der Waals surface area contributed by atoms with E-state index < -0.39 is 17.6 Å². The predicted molar refractivity (Wildman–Crippen MR) is 114 cm³/mol. The molecule has 1 amide bonds. The first-order valence-electron chi connectivity index (χ1n) is 9.28. The Kier molecular flexibility index (Phi) is 6.07. The molecule has 29 heavy (non-hydrogen) atoms. The predicted octanol–water partition coefficient (Wildman–Crippen LogP) is 4.92. The third kappa shape index (κ3) is 3.79. The number of nitrogens with zero attached hydrogens (tertiary/aromatic N) is 1. The number of hydrogen-bond donors (Lipinski definition) is 1. The van der Waals surface area contributed by atoms with Crippen LogP contribution in [0.5, 0.6) is 5.75 Å². The first kappa shape index (κ1) is 21.0. The molecular weight excluding hydrogens is 439 g/mol. The minimum Gasteiger partial charge on any atom is -0.494 e. The number of amides is 1. The van der Waals surface area contributed by atoms with E-state index in [1.165, 1.54) is 23.8 Å². The van der Waals surface area contributed by atoms with Gasteiger partial charge in [0.25, 0.3) is 5.91 Å². The van der Waals surface area contributed by atoms with Gasteiger partial charge in [0, 0.05) is 27.2 Å². The lowest BCUT2D eigenvalue weighted by atomic mass is 9.91. The quantitative estimate of drug-likeness (QED) is 0.567. The topological polar surface area (TPSA) is 74.3 Å². The molecule has 3 aromatic rings. The fourth-order valence-corrected chi connectivity index (χ4v) is 4.00. The SMILES string of the molecule is CCCC(C(N)=O)c1c(C)n(C(=O)c2ccc(Br)cc2)c2cc(F)c(OC)cc12. The van der Waals surface area contributed by atoms with E-state index in [1.54, 1.807) is 31.2 Å². The van der Waals surface area contributed by atoms with Gasteiger partial charge in [-0.1, -0.05) is 29.3 Å². The second kappa shape index (κ2) is 8.37. The lowest BCUT2D eigenvalue weighted by Gasteiger charge is -2.14. The number of rotatable bonds is 6. The molecule has 152 valence electrons. The van der Waals surface area contributed by atoms with Crippen LogP contribution in [0.4, 0.5) is 4.39 Å². The van der Waals surface area contributed by atoms with Gasteiger partial charge in [-0.05, 0) is 49.2 Å². The molecule has 3 rings (SSSR count). The molecular formula is C22H22BrFN2O3. The Morgan fingerprint density at radius 3 is 2.45 bits per heavy atom. The summed E-state index contributed by atoms with van der Waals surface area (Å²) in [6, 6.07) is 9.71. The number of ether oxygens (including phenoxy) is 1. The van der Waals surface area contributed by atoms with Gasteiger partial charge in [-0.3, -0.25) is 14.2 Å². The molecule has 1 atom stereocenters. The van der Waals surface area contributed by atoms with Crippen LogP contribution >= 0.6 is 15.9 Å². The number of fused-ring (bicyclic) bond motifs is 1. The van der Waals surface area contributed by atoms with Crippen LogP contribution in [0.15, 0.2) is 40.9 Å². The molecule has 0 fully saturated rings. The molecule has 0 aliphatic carbocycles. The average molecular weight is 461 g/mol. The van der Waals surface area contributed by atoms with Crippen molar-refractivity contribution in [3.8, 4) is 5.75 Å². The van der Waals surface area contributed by atoms with Crippen molar-refractivity contribution in [1.29, 1.82) is 0 Å². The number of primary amides is 1. The van der Waals surface area contributed by atoms with Crippen LogP contribution in [0.25, 0.3) is 10.9 Å². The molecule has 0 saturated carbocycles. The molecule has 2 N–H and O–H groups in total. The lowest BCUT2D eigenvalue weighted by molar-refractivity contribution is -0.119. The summed E-state index contributed by atoms with van der Waals surface area (Å²) in [6.07, 6.45) is 1.26. The molecule has 5 nitrogen and oxygen atoms in total. The van der Waals surface area contributed by atoms with E-state index in [9.17, 15) is 14.0 Å². The minimum absolute atomic E-state index is 0.0479. The van der Waals surface area contributed by atoms with Crippen molar-refractivity contribution >= 4 is 38.6 Å². The van der Waals surface area contributed by atoms with E-state index in [0.717, 1.165) is 10.9 Å². The molecule has 0 saturated heterocycles. The summed E-state index contributed by atoms with van der Waals surface area (Å²) in [5.41, 5.74) is 7.72. The second-order valence-electron chi connectivity index (χ2n) is 6.89. The average Bonchev–Trinajstić information content (AvgIpc) is 2.95. The van der Waals surface area contributed by atoms with Gasteiger partial charge in [-0.15, -0.1) is 0 Å². The molecule has 2 aromatic carbocycles. The number of benzene rings is 2. The second-order valence-corrected chi connectivity index (χ2v) is 7.81. The van der Waals surface area contributed by atoms with Gasteiger partial charge in [0.15, 0.2) is 11.6 Å². The number of carbonyl (C=O) groups excluding carboxylic acids is 2. The fraction of sp³-hybridized carbons (Fsp3) is 0.273. The number of methoxy groups -OCH3 is 1. The van der Waals surface area contributed by atoms with Crippen molar-refractivity contribution in [3.05, 3.63) is 63.5 Å². The van der Waals surface area contributed by atoms with Crippen LogP contribution in [0.2, 0.25) is 0 Å². The number of aromatic nitrogens is 1. The normalized spacial score (nSPS) is 12.2. The van der Waals surface area contributed by atoms with Gasteiger partial charge in [0.05, 0.1) is 18.5 Å². The summed E-state index contributed by atoms with van der Waals surface area (Å²) in [7, 11) is 1.37. The molecule has 7 heteroatoms. The highest BCUT2D eigenvalue weighted by atomic mass is 79.9. The van der Waals surface area contributed by atoms with Crippen molar-refractivity contribution in [2.24, 2.45) is 5.73 Å². The maximum absolute atomic E-state index is 14.5. The Hall–Kier alpha value is -2.67. The van der Waals surface area contributed by atoms with Crippen LogP contribution in [0, 0.1) is 12.7 Å². The Morgan fingerprint density at radius 1 is 1.24 bits per heavy atom.